The summed E-state index contributed by atoms with van der Waals surface area (Å²) in [5.41, 5.74) is 0.332. The Hall–Kier alpha value is -1.35. The summed E-state index contributed by atoms with van der Waals surface area (Å²) in [5, 5.41) is 0. The highest BCUT2D eigenvalue weighted by Crippen LogP contribution is 2.30. The maximum atomic E-state index is 12.9. The second-order valence-electron chi connectivity index (χ2n) is 5.81. The Bertz CT molecular complexity index is 474. The molecule has 0 saturated heterocycles. The summed E-state index contributed by atoms with van der Waals surface area (Å²) in [4.78, 5) is 15.0. The van der Waals surface area contributed by atoms with E-state index in [1.807, 2.05) is 43.3 Å². The zero-order valence-electron chi connectivity index (χ0n) is 13.0. The summed E-state index contributed by atoms with van der Waals surface area (Å²) in [5.74, 6) is 1.01. The smallest absolute Gasteiger partial charge is 0.183 e. The molecule has 1 aromatic carbocycles. The van der Waals surface area contributed by atoms with Crippen molar-refractivity contribution in [1.29, 1.82) is 0 Å². The summed E-state index contributed by atoms with van der Waals surface area (Å²) in [7, 11) is 3.96. The van der Waals surface area contributed by atoms with Crippen molar-refractivity contribution in [2.45, 2.75) is 51.2 Å². The summed E-state index contributed by atoms with van der Waals surface area (Å²) in [6.07, 6.45) is 4.23. The summed E-state index contributed by atoms with van der Waals surface area (Å²) < 4.78 is 5.79. The number of benzene rings is 1. The number of rotatable bonds is 7. The topological polar surface area (TPSA) is 29.5 Å². The fourth-order valence-electron chi connectivity index (χ4n) is 2.76. The summed E-state index contributed by atoms with van der Waals surface area (Å²) >= 11 is 0. The lowest BCUT2D eigenvalue weighted by Gasteiger charge is -2.37. The predicted molar refractivity (Wildman–Crippen MR) is 81.4 cm³/mol. The molecule has 0 aliphatic heterocycles. The van der Waals surface area contributed by atoms with Crippen LogP contribution in [0.25, 0.3) is 0 Å². The number of carbonyl (C=O) groups is 1. The van der Waals surface area contributed by atoms with E-state index in [9.17, 15) is 4.79 Å². The van der Waals surface area contributed by atoms with Crippen molar-refractivity contribution in [1.82, 2.24) is 4.90 Å². The molecular formula is C17H25NO2. The lowest BCUT2D eigenvalue weighted by Crippen LogP contribution is -2.50. The van der Waals surface area contributed by atoms with E-state index in [4.69, 9.17) is 4.74 Å². The molecule has 0 amide bonds. The molecule has 1 saturated carbocycles. The number of ketones is 1. The van der Waals surface area contributed by atoms with E-state index in [-0.39, 0.29) is 5.78 Å². The van der Waals surface area contributed by atoms with Crippen molar-refractivity contribution in [3.63, 3.8) is 0 Å². The normalized spacial score (nSPS) is 15.4. The highest BCUT2D eigenvalue weighted by atomic mass is 16.5. The lowest BCUT2D eigenvalue weighted by atomic mass is 9.83. The van der Waals surface area contributed by atoms with Crippen molar-refractivity contribution in [3.05, 3.63) is 29.8 Å². The molecule has 0 radical (unpaired) electrons. The molecule has 20 heavy (non-hydrogen) atoms. The Balaban J connectivity index is 2.26. The molecule has 3 heteroatoms. The van der Waals surface area contributed by atoms with Gasteiger partial charge < -0.3 is 4.74 Å². The van der Waals surface area contributed by atoms with Crippen molar-refractivity contribution in [3.8, 4) is 5.75 Å². The first-order chi connectivity index (χ1) is 9.53. The predicted octanol–water partition coefficient (Wildman–Crippen LogP) is 3.53. The minimum absolute atomic E-state index is 0.189. The molecule has 1 aliphatic rings. The van der Waals surface area contributed by atoms with Crippen LogP contribution < -0.4 is 4.74 Å². The zero-order chi connectivity index (χ0) is 14.8. The van der Waals surface area contributed by atoms with Gasteiger partial charge in [0, 0.05) is 5.56 Å². The van der Waals surface area contributed by atoms with Gasteiger partial charge in [-0.1, -0.05) is 26.0 Å². The lowest BCUT2D eigenvalue weighted by molar-refractivity contribution is 0.0655. The maximum absolute atomic E-state index is 12.9. The van der Waals surface area contributed by atoms with E-state index in [1.165, 1.54) is 0 Å². The van der Waals surface area contributed by atoms with E-state index in [0.29, 0.717) is 6.10 Å². The average molecular weight is 275 g/mol. The third-order valence-electron chi connectivity index (χ3n) is 4.37. The van der Waals surface area contributed by atoms with Crippen LogP contribution in [-0.4, -0.2) is 36.4 Å². The van der Waals surface area contributed by atoms with Gasteiger partial charge in [0.2, 0.25) is 0 Å². The molecule has 0 spiro atoms. The molecule has 110 valence electrons. The third-order valence-corrected chi connectivity index (χ3v) is 4.37. The van der Waals surface area contributed by atoms with Crippen LogP contribution in [0.4, 0.5) is 0 Å². The molecule has 1 aromatic rings. The second-order valence-corrected chi connectivity index (χ2v) is 5.81. The number of ether oxygens (including phenoxy) is 1. The molecule has 1 aliphatic carbocycles. The molecule has 0 bridgehead atoms. The third kappa shape index (κ3) is 2.88. The van der Waals surface area contributed by atoms with Gasteiger partial charge in [-0.3, -0.25) is 9.69 Å². The molecule has 0 aromatic heterocycles. The first kappa shape index (κ1) is 15.0. The summed E-state index contributed by atoms with van der Waals surface area (Å²) in [6, 6.07) is 7.64. The number of nitrogens with zero attached hydrogens (tertiary/aromatic N) is 1. The largest absolute Gasteiger partial charge is 0.490 e. The van der Waals surface area contributed by atoms with Gasteiger partial charge in [-0.2, -0.15) is 0 Å². The first-order valence-corrected chi connectivity index (χ1v) is 7.52. The van der Waals surface area contributed by atoms with Crippen LogP contribution in [0, 0.1) is 0 Å². The van der Waals surface area contributed by atoms with Gasteiger partial charge in [-0.05, 0) is 51.9 Å². The minimum atomic E-state index is -0.418. The van der Waals surface area contributed by atoms with Gasteiger partial charge >= 0.3 is 0 Å². The van der Waals surface area contributed by atoms with Gasteiger partial charge in [0.1, 0.15) is 5.75 Å². The van der Waals surface area contributed by atoms with E-state index in [0.717, 1.165) is 37.0 Å². The molecule has 0 atom stereocenters. The first-order valence-electron chi connectivity index (χ1n) is 7.52. The Morgan fingerprint density at radius 2 is 1.95 bits per heavy atom. The number of Topliss-reactive ketones (excluding diaryl/α,β-unsaturated/α-hetero) is 1. The Morgan fingerprint density at radius 3 is 2.45 bits per heavy atom. The van der Waals surface area contributed by atoms with Crippen LogP contribution in [0.3, 0.4) is 0 Å². The van der Waals surface area contributed by atoms with Gasteiger partial charge in [0.05, 0.1) is 11.6 Å². The van der Waals surface area contributed by atoms with Crippen molar-refractivity contribution in [2.75, 3.05) is 14.1 Å². The molecule has 3 nitrogen and oxygen atoms in total. The Kier molecular flexibility index (Phi) is 4.48. The molecule has 0 heterocycles. The highest BCUT2D eigenvalue weighted by Gasteiger charge is 2.37. The fourth-order valence-corrected chi connectivity index (χ4v) is 2.76. The molecule has 1 fully saturated rings. The Morgan fingerprint density at radius 1 is 1.30 bits per heavy atom. The molecule has 0 N–H and O–H groups in total. The van der Waals surface area contributed by atoms with E-state index in [1.54, 1.807) is 0 Å². The number of hydrogen-bond donors (Lipinski definition) is 0. The minimum Gasteiger partial charge on any atom is -0.490 e. The maximum Gasteiger partial charge on any atom is 0.183 e. The number of carbonyl (C=O) groups excluding carboxylic acids is 1. The standard InChI is InChI=1S/C17H25NO2/c1-5-17(6-2,18(3)4)16(19)13-8-7-9-15(12-13)20-14-10-11-14/h7-9,12,14H,5-6,10-11H2,1-4H3. The summed E-state index contributed by atoms with van der Waals surface area (Å²) in [6.45, 7) is 4.15. The van der Waals surface area contributed by atoms with Gasteiger partial charge in [-0.15, -0.1) is 0 Å². The Labute approximate surface area is 121 Å². The van der Waals surface area contributed by atoms with Crippen LogP contribution >= 0.6 is 0 Å². The van der Waals surface area contributed by atoms with Crippen molar-refractivity contribution >= 4 is 5.78 Å². The van der Waals surface area contributed by atoms with Crippen LogP contribution in [0.2, 0.25) is 0 Å². The van der Waals surface area contributed by atoms with Gasteiger partial charge in [-0.25, -0.2) is 0 Å². The molecular weight excluding hydrogens is 250 g/mol. The van der Waals surface area contributed by atoms with Crippen molar-refractivity contribution in [2.24, 2.45) is 0 Å². The van der Waals surface area contributed by atoms with E-state index < -0.39 is 5.54 Å². The monoisotopic (exact) mass is 275 g/mol. The quantitative estimate of drug-likeness (QED) is 0.713. The van der Waals surface area contributed by atoms with E-state index in [2.05, 4.69) is 13.8 Å². The number of hydrogen-bond acceptors (Lipinski definition) is 3. The van der Waals surface area contributed by atoms with Crippen LogP contribution in [-0.2, 0) is 0 Å². The second kappa shape index (κ2) is 5.96. The van der Waals surface area contributed by atoms with Crippen LogP contribution in [0.1, 0.15) is 49.9 Å². The van der Waals surface area contributed by atoms with Gasteiger partial charge in [0.15, 0.2) is 5.78 Å². The van der Waals surface area contributed by atoms with Gasteiger partial charge in [0.25, 0.3) is 0 Å². The average Bonchev–Trinajstić information content (AvgIpc) is 3.24. The van der Waals surface area contributed by atoms with Crippen molar-refractivity contribution < 1.29 is 9.53 Å². The van der Waals surface area contributed by atoms with Crippen LogP contribution in [0.5, 0.6) is 5.75 Å². The van der Waals surface area contributed by atoms with E-state index >= 15 is 0 Å². The molecule has 2 rings (SSSR count). The number of likely N-dealkylation sites (N-methyl/N-ethyl adjacent to an activating group) is 1. The van der Waals surface area contributed by atoms with Crippen LogP contribution in [0.15, 0.2) is 24.3 Å². The molecule has 0 unspecified atom stereocenters. The highest BCUT2D eigenvalue weighted by molar-refractivity contribution is 6.03. The SMILES string of the molecule is CCC(CC)(C(=O)c1cccc(OC2CC2)c1)N(C)C. The zero-order valence-corrected chi connectivity index (χ0v) is 13.0. The fraction of sp³-hybridized carbons (Fsp3) is 0.588.